The van der Waals surface area contributed by atoms with Crippen LogP contribution in [-0.2, 0) is 9.59 Å². The number of anilines is 3. The van der Waals surface area contributed by atoms with Crippen molar-refractivity contribution in [3.63, 3.8) is 0 Å². The Morgan fingerprint density at radius 1 is 1.33 bits per heavy atom. The second-order valence-corrected chi connectivity index (χ2v) is 5.82. The van der Waals surface area contributed by atoms with Crippen LogP contribution in [0, 0.1) is 0 Å². The number of ether oxygens (including phenoxy) is 1. The minimum atomic E-state index is -1.10. The van der Waals surface area contributed by atoms with Gasteiger partial charge in [-0.05, 0) is 38.1 Å². The summed E-state index contributed by atoms with van der Waals surface area (Å²) in [6.07, 6.45) is 1.57. The quantitative estimate of drug-likeness (QED) is 0.876. The van der Waals surface area contributed by atoms with Crippen LogP contribution in [0.2, 0.25) is 0 Å². The molecule has 3 heterocycles. The molecule has 2 aromatic rings. The molecule has 0 aromatic carbocycles. The number of fused-ring (bicyclic) bond motifs is 1. The lowest BCUT2D eigenvalue weighted by Gasteiger charge is -2.37. The zero-order valence-electron chi connectivity index (χ0n) is 13.3. The predicted molar refractivity (Wildman–Crippen MR) is 88.6 cm³/mol. The van der Waals surface area contributed by atoms with E-state index in [4.69, 9.17) is 10.5 Å². The summed E-state index contributed by atoms with van der Waals surface area (Å²) in [7, 11) is 0. The maximum atomic E-state index is 12.6. The molecule has 0 saturated heterocycles. The summed E-state index contributed by atoms with van der Waals surface area (Å²) in [5.41, 5.74) is 4.60. The van der Waals surface area contributed by atoms with Crippen LogP contribution in [0.3, 0.4) is 0 Å². The first-order chi connectivity index (χ1) is 11.4. The van der Waals surface area contributed by atoms with Crippen molar-refractivity contribution in [1.29, 1.82) is 0 Å². The van der Waals surface area contributed by atoms with Crippen molar-refractivity contribution in [2.45, 2.75) is 19.4 Å². The first-order valence-electron chi connectivity index (χ1n) is 7.35. The molecule has 0 fully saturated rings. The summed E-state index contributed by atoms with van der Waals surface area (Å²) in [5, 5.41) is 2.64. The van der Waals surface area contributed by atoms with Crippen LogP contribution in [0.1, 0.15) is 13.8 Å². The summed E-state index contributed by atoms with van der Waals surface area (Å²) < 4.78 is 5.66. The monoisotopic (exact) mass is 327 g/mol. The van der Waals surface area contributed by atoms with Crippen molar-refractivity contribution >= 4 is 29.3 Å². The molecule has 8 nitrogen and oxygen atoms in total. The summed E-state index contributed by atoms with van der Waals surface area (Å²) in [4.78, 5) is 34.3. The molecule has 3 N–H and O–H groups in total. The number of aromatic nitrogens is 2. The van der Waals surface area contributed by atoms with E-state index < -0.39 is 11.5 Å². The van der Waals surface area contributed by atoms with Gasteiger partial charge in [-0.1, -0.05) is 6.07 Å². The van der Waals surface area contributed by atoms with Crippen molar-refractivity contribution in [2.24, 2.45) is 0 Å². The second-order valence-electron chi connectivity index (χ2n) is 5.82. The molecule has 0 saturated carbocycles. The molecule has 0 radical (unpaired) electrons. The third-order valence-corrected chi connectivity index (χ3v) is 3.48. The molecule has 0 bridgehead atoms. The first kappa shape index (κ1) is 15.7. The maximum absolute atomic E-state index is 12.6. The lowest BCUT2D eigenvalue weighted by molar-refractivity contribution is -0.133. The van der Waals surface area contributed by atoms with Gasteiger partial charge in [0.25, 0.3) is 5.91 Å². The Morgan fingerprint density at radius 2 is 2.12 bits per heavy atom. The van der Waals surface area contributed by atoms with E-state index in [1.165, 1.54) is 4.90 Å². The number of pyridine rings is 2. The molecule has 3 rings (SSSR count). The maximum Gasteiger partial charge on any atom is 0.272 e. The topological polar surface area (TPSA) is 110 Å². The fourth-order valence-corrected chi connectivity index (χ4v) is 2.37. The molecule has 2 aromatic heterocycles. The molecular weight excluding hydrogens is 310 g/mol. The van der Waals surface area contributed by atoms with Gasteiger partial charge in [0.1, 0.15) is 18.2 Å². The molecule has 8 heteroatoms. The highest BCUT2D eigenvalue weighted by atomic mass is 16.5. The van der Waals surface area contributed by atoms with Crippen molar-refractivity contribution in [3.8, 4) is 5.75 Å². The number of nitrogens with one attached hydrogen (secondary N) is 1. The highest BCUT2D eigenvalue weighted by molar-refractivity contribution is 6.07. The SMILES string of the molecule is CC1(C)Oc2ccc(N)nc2N(CC(=O)Nc2ccccn2)C1=O. The predicted octanol–water partition coefficient (Wildman–Crippen LogP) is 1.20. The first-order valence-corrected chi connectivity index (χ1v) is 7.35. The molecule has 1 aliphatic heterocycles. The van der Waals surface area contributed by atoms with Gasteiger partial charge in [0.2, 0.25) is 5.91 Å². The number of nitrogen functional groups attached to an aromatic ring is 1. The molecule has 1 aliphatic rings. The van der Waals surface area contributed by atoms with Gasteiger partial charge in [0, 0.05) is 6.20 Å². The summed E-state index contributed by atoms with van der Waals surface area (Å²) in [6.45, 7) is 3.06. The van der Waals surface area contributed by atoms with Crippen molar-refractivity contribution in [1.82, 2.24) is 9.97 Å². The summed E-state index contributed by atoms with van der Waals surface area (Å²) in [5.74, 6) is 0.511. The lowest BCUT2D eigenvalue weighted by atomic mass is 10.1. The zero-order valence-corrected chi connectivity index (χ0v) is 13.3. The average molecular weight is 327 g/mol. The number of nitrogens with zero attached hydrogens (tertiary/aromatic N) is 3. The Morgan fingerprint density at radius 3 is 2.83 bits per heavy atom. The Kier molecular flexibility index (Phi) is 3.80. The minimum absolute atomic E-state index is 0.217. The van der Waals surface area contributed by atoms with Gasteiger partial charge >= 0.3 is 0 Å². The fourth-order valence-electron chi connectivity index (χ4n) is 2.37. The standard InChI is InChI=1S/C16H17N5O3/c1-16(2)15(23)21(14-10(24-16)6-7-11(17)19-14)9-13(22)20-12-5-3-4-8-18-12/h3-8H,9H2,1-2H3,(H2,17,19)(H,18,20,22). The number of carbonyl (C=O) groups excluding carboxylic acids is 2. The van der Waals surface area contributed by atoms with Crippen molar-refractivity contribution < 1.29 is 14.3 Å². The second kappa shape index (κ2) is 5.80. The van der Waals surface area contributed by atoms with Crippen LogP contribution in [0.4, 0.5) is 17.5 Å². The van der Waals surface area contributed by atoms with Gasteiger partial charge in [-0.3, -0.25) is 14.5 Å². The molecule has 0 aliphatic carbocycles. The van der Waals surface area contributed by atoms with E-state index in [-0.39, 0.29) is 24.1 Å². The summed E-state index contributed by atoms with van der Waals surface area (Å²) in [6, 6.07) is 8.37. The van der Waals surface area contributed by atoms with E-state index in [1.807, 2.05) is 0 Å². The fraction of sp³-hybridized carbons (Fsp3) is 0.250. The minimum Gasteiger partial charge on any atom is -0.474 e. The highest BCUT2D eigenvalue weighted by Crippen LogP contribution is 2.36. The van der Waals surface area contributed by atoms with Gasteiger partial charge < -0.3 is 15.8 Å². The van der Waals surface area contributed by atoms with Crippen molar-refractivity contribution in [2.75, 3.05) is 22.5 Å². The van der Waals surface area contributed by atoms with E-state index in [0.717, 1.165) is 0 Å². The molecule has 124 valence electrons. The van der Waals surface area contributed by atoms with E-state index in [2.05, 4.69) is 15.3 Å². The zero-order chi connectivity index (χ0) is 17.3. The van der Waals surface area contributed by atoms with Crippen molar-refractivity contribution in [3.05, 3.63) is 36.5 Å². The summed E-state index contributed by atoms with van der Waals surface area (Å²) >= 11 is 0. The average Bonchev–Trinajstić information content (AvgIpc) is 2.53. The van der Waals surface area contributed by atoms with E-state index >= 15 is 0 Å². The number of hydrogen-bond donors (Lipinski definition) is 2. The largest absolute Gasteiger partial charge is 0.474 e. The molecule has 0 spiro atoms. The van der Waals surface area contributed by atoms with Crippen LogP contribution in [0.15, 0.2) is 36.5 Å². The third kappa shape index (κ3) is 2.98. The number of hydrogen-bond acceptors (Lipinski definition) is 6. The van der Waals surface area contributed by atoms with Crippen LogP contribution < -0.4 is 20.7 Å². The van der Waals surface area contributed by atoms with Crippen LogP contribution in [0.5, 0.6) is 5.75 Å². The Hall–Kier alpha value is -3.16. The van der Waals surface area contributed by atoms with Gasteiger partial charge in [0.15, 0.2) is 17.2 Å². The van der Waals surface area contributed by atoms with Gasteiger partial charge in [-0.25, -0.2) is 9.97 Å². The van der Waals surface area contributed by atoms with Crippen LogP contribution in [0.25, 0.3) is 0 Å². The third-order valence-electron chi connectivity index (χ3n) is 3.48. The van der Waals surface area contributed by atoms with E-state index in [9.17, 15) is 9.59 Å². The normalized spacial score (nSPS) is 15.4. The van der Waals surface area contributed by atoms with Crippen LogP contribution in [-0.4, -0.2) is 33.9 Å². The van der Waals surface area contributed by atoms with Gasteiger partial charge in [-0.15, -0.1) is 0 Å². The molecule has 0 atom stereocenters. The van der Waals surface area contributed by atoms with E-state index in [1.54, 1.807) is 50.4 Å². The Labute approximate surface area is 138 Å². The Bertz CT molecular complexity index is 792. The van der Waals surface area contributed by atoms with E-state index in [0.29, 0.717) is 11.6 Å². The Balaban J connectivity index is 1.87. The number of amides is 2. The van der Waals surface area contributed by atoms with Gasteiger partial charge in [-0.2, -0.15) is 0 Å². The van der Waals surface area contributed by atoms with Crippen LogP contribution >= 0.6 is 0 Å². The lowest BCUT2D eigenvalue weighted by Crippen LogP contribution is -2.54. The number of nitrogens with two attached hydrogens (primary N) is 1. The molecule has 2 amide bonds. The molecule has 0 unspecified atom stereocenters. The number of carbonyl (C=O) groups is 2. The molecular formula is C16H17N5O3. The molecule has 24 heavy (non-hydrogen) atoms. The number of rotatable bonds is 3. The van der Waals surface area contributed by atoms with Gasteiger partial charge in [0.05, 0.1) is 0 Å². The highest BCUT2D eigenvalue weighted by Gasteiger charge is 2.42. The smallest absolute Gasteiger partial charge is 0.272 e.